The van der Waals surface area contributed by atoms with Crippen LogP contribution in [-0.4, -0.2) is 36.5 Å². The van der Waals surface area contributed by atoms with Crippen molar-refractivity contribution >= 4 is 11.6 Å². The van der Waals surface area contributed by atoms with Gasteiger partial charge in [-0.05, 0) is 30.7 Å². The highest BCUT2D eigenvalue weighted by atomic mass is 19.1. The number of hydrogen-bond donors (Lipinski definition) is 2. The van der Waals surface area contributed by atoms with Gasteiger partial charge in [0.15, 0.2) is 0 Å². The molecule has 0 spiro atoms. The highest BCUT2D eigenvalue weighted by Crippen LogP contribution is 2.10. The first-order valence-electron chi connectivity index (χ1n) is 5.67. The molecule has 5 heteroatoms. The SMILES string of the molecule is N[C@H]1CCN(CC(=O)Nc2ccc(F)cc2)C1. The summed E-state index contributed by atoms with van der Waals surface area (Å²) in [5.74, 6) is -0.403. The average Bonchev–Trinajstić information content (AvgIpc) is 2.67. The Morgan fingerprint density at radius 2 is 2.18 bits per heavy atom. The molecule has 1 amide bonds. The third-order valence-electron chi connectivity index (χ3n) is 2.80. The van der Waals surface area contributed by atoms with E-state index in [0.717, 1.165) is 19.5 Å². The van der Waals surface area contributed by atoms with Crippen molar-refractivity contribution in [3.8, 4) is 0 Å². The van der Waals surface area contributed by atoms with Crippen molar-refractivity contribution in [1.29, 1.82) is 0 Å². The van der Waals surface area contributed by atoms with Crippen LogP contribution in [0.1, 0.15) is 6.42 Å². The van der Waals surface area contributed by atoms with Gasteiger partial charge in [0.1, 0.15) is 5.82 Å². The number of nitrogens with zero attached hydrogens (tertiary/aromatic N) is 1. The zero-order valence-electron chi connectivity index (χ0n) is 9.53. The van der Waals surface area contributed by atoms with Crippen LogP contribution in [-0.2, 0) is 4.79 Å². The first kappa shape index (κ1) is 12.0. The minimum atomic E-state index is -0.312. The van der Waals surface area contributed by atoms with Crippen LogP contribution in [0.5, 0.6) is 0 Å². The number of hydrogen-bond acceptors (Lipinski definition) is 3. The normalized spacial score (nSPS) is 20.5. The maximum Gasteiger partial charge on any atom is 0.238 e. The van der Waals surface area contributed by atoms with E-state index in [1.54, 1.807) is 12.1 Å². The lowest BCUT2D eigenvalue weighted by Gasteiger charge is -2.14. The molecular formula is C12H16FN3O. The van der Waals surface area contributed by atoms with E-state index in [1.165, 1.54) is 12.1 Å². The van der Waals surface area contributed by atoms with Crippen molar-refractivity contribution in [2.24, 2.45) is 5.73 Å². The van der Waals surface area contributed by atoms with E-state index in [0.29, 0.717) is 12.2 Å². The van der Waals surface area contributed by atoms with Gasteiger partial charge in [-0.1, -0.05) is 0 Å². The van der Waals surface area contributed by atoms with Crippen LogP contribution < -0.4 is 11.1 Å². The van der Waals surface area contributed by atoms with E-state index in [4.69, 9.17) is 5.73 Å². The van der Waals surface area contributed by atoms with Crippen LogP contribution in [0.15, 0.2) is 24.3 Å². The fraction of sp³-hybridized carbons (Fsp3) is 0.417. The fourth-order valence-electron chi connectivity index (χ4n) is 1.94. The smallest absolute Gasteiger partial charge is 0.238 e. The number of anilines is 1. The Bertz CT molecular complexity index is 393. The Kier molecular flexibility index (Phi) is 3.71. The molecule has 92 valence electrons. The number of amides is 1. The monoisotopic (exact) mass is 237 g/mol. The molecule has 0 radical (unpaired) electrons. The van der Waals surface area contributed by atoms with Gasteiger partial charge in [0, 0.05) is 24.8 Å². The van der Waals surface area contributed by atoms with Crippen molar-refractivity contribution in [3.05, 3.63) is 30.1 Å². The molecule has 1 aromatic carbocycles. The Balaban J connectivity index is 1.83. The Labute approximate surface area is 99.6 Å². The highest BCUT2D eigenvalue weighted by molar-refractivity contribution is 5.92. The first-order chi connectivity index (χ1) is 8.13. The van der Waals surface area contributed by atoms with Crippen molar-refractivity contribution in [3.63, 3.8) is 0 Å². The Hall–Kier alpha value is -1.46. The van der Waals surface area contributed by atoms with E-state index in [-0.39, 0.29) is 17.8 Å². The third kappa shape index (κ3) is 3.51. The summed E-state index contributed by atoms with van der Waals surface area (Å²) in [5, 5.41) is 2.72. The summed E-state index contributed by atoms with van der Waals surface area (Å²) < 4.78 is 12.7. The molecule has 1 saturated heterocycles. The summed E-state index contributed by atoms with van der Waals surface area (Å²) in [6, 6.07) is 5.91. The molecule has 3 N–H and O–H groups in total. The largest absolute Gasteiger partial charge is 0.326 e. The molecule has 1 atom stereocenters. The number of carbonyl (C=O) groups is 1. The van der Waals surface area contributed by atoms with E-state index < -0.39 is 0 Å². The highest BCUT2D eigenvalue weighted by Gasteiger charge is 2.20. The van der Waals surface area contributed by atoms with Gasteiger partial charge in [-0.25, -0.2) is 4.39 Å². The molecule has 1 heterocycles. The second-order valence-electron chi connectivity index (χ2n) is 4.34. The lowest BCUT2D eigenvalue weighted by Crippen LogP contribution is -2.33. The maximum atomic E-state index is 12.7. The van der Waals surface area contributed by atoms with Gasteiger partial charge < -0.3 is 11.1 Å². The van der Waals surface area contributed by atoms with Gasteiger partial charge in [0.05, 0.1) is 6.54 Å². The molecule has 2 rings (SSSR count). The molecular weight excluding hydrogens is 221 g/mol. The molecule has 1 aliphatic heterocycles. The van der Waals surface area contributed by atoms with Gasteiger partial charge in [0.2, 0.25) is 5.91 Å². The third-order valence-corrected chi connectivity index (χ3v) is 2.80. The second-order valence-corrected chi connectivity index (χ2v) is 4.34. The molecule has 0 aromatic heterocycles. The molecule has 0 bridgehead atoms. The van der Waals surface area contributed by atoms with Crippen LogP contribution in [0.2, 0.25) is 0 Å². The maximum absolute atomic E-state index is 12.7. The second kappa shape index (κ2) is 5.25. The zero-order chi connectivity index (χ0) is 12.3. The average molecular weight is 237 g/mol. The summed E-state index contributed by atoms with van der Waals surface area (Å²) in [5.41, 5.74) is 6.37. The zero-order valence-corrected chi connectivity index (χ0v) is 9.53. The molecule has 0 unspecified atom stereocenters. The van der Waals surface area contributed by atoms with E-state index in [1.807, 2.05) is 4.90 Å². The predicted molar refractivity (Wildman–Crippen MR) is 64.1 cm³/mol. The topological polar surface area (TPSA) is 58.4 Å². The van der Waals surface area contributed by atoms with Crippen molar-refractivity contribution in [2.45, 2.75) is 12.5 Å². The number of halogens is 1. The fourth-order valence-corrected chi connectivity index (χ4v) is 1.94. The summed E-state index contributed by atoms with van der Waals surface area (Å²) in [6.07, 6.45) is 0.934. The van der Waals surface area contributed by atoms with Crippen molar-refractivity contribution < 1.29 is 9.18 Å². The lowest BCUT2D eigenvalue weighted by atomic mass is 10.3. The van der Waals surface area contributed by atoms with E-state index in [2.05, 4.69) is 5.32 Å². The van der Waals surface area contributed by atoms with Gasteiger partial charge in [-0.3, -0.25) is 9.69 Å². The van der Waals surface area contributed by atoms with Crippen molar-refractivity contribution in [2.75, 3.05) is 25.0 Å². The van der Waals surface area contributed by atoms with Crippen LogP contribution >= 0.6 is 0 Å². The minimum absolute atomic E-state index is 0.0919. The quantitative estimate of drug-likeness (QED) is 0.817. The number of nitrogens with one attached hydrogen (secondary N) is 1. The molecule has 0 aliphatic carbocycles. The lowest BCUT2D eigenvalue weighted by molar-refractivity contribution is -0.117. The number of benzene rings is 1. The van der Waals surface area contributed by atoms with Crippen LogP contribution in [0.25, 0.3) is 0 Å². The minimum Gasteiger partial charge on any atom is -0.326 e. The van der Waals surface area contributed by atoms with Gasteiger partial charge in [-0.15, -0.1) is 0 Å². The summed E-state index contributed by atoms with van der Waals surface area (Å²) >= 11 is 0. The number of likely N-dealkylation sites (tertiary alicyclic amines) is 1. The number of nitrogens with two attached hydrogens (primary N) is 1. The van der Waals surface area contributed by atoms with Crippen LogP contribution in [0.3, 0.4) is 0 Å². The molecule has 17 heavy (non-hydrogen) atoms. The molecule has 1 aromatic rings. The standard InChI is InChI=1S/C12H16FN3O/c13-9-1-3-11(4-2-9)15-12(17)8-16-6-5-10(14)7-16/h1-4,10H,5-8,14H2,(H,15,17)/t10-/m0/s1. The molecule has 0 saturated carbocycles. The van der Waals surface area contributed by atoms with Crippen LogP contribution in [0, 0.1) is 5.82 Å². The predicted octanol–water partition coefficient (Wildman–Crippen LogP) is 0.797. The summed E-state index contributed by atoms with van der Waals surface area (Å²) in [4.78, 5) is 13.7. The summed E-state index contributed by atoms with van der Waals surface area (Å²) in [6.45, 7) is 1.96. The van der Waals surface area contributed by atoms with E-state index >= 15 is 0 Å². The van der Waals surface area contributed by atoms with Gasteiger partial charge in [0.25, 0.3) is 0 Å². The molecule has 4 nitrogen and oxygen atoms in total. The first-order valence-corrected chi connectivity index (χ1v) is 5.67. The number of rotatable bonds is 3. The van der Waals surface area contributed by atoms with Gasteiger partial charge >= 0.3 is 0 Å². The van der Waals surface area contributed by atoms with Gasteiger partial charge in [-0.2, -0.15) is 0 Å². The van der Waals surface area contributed by atoms with Crippen LogP contribution in [0.4, 0.5) is 10.1 Å². The van der Waals surface area contributed by atoms with E-state index in [9.17, 15) is 9.18 Å². The Morgan fingerprint density at radius 3 is 2.76 bits per heavy atom. The Morgan fingerprint density at radius 1 is 1.47 bits per heavy atom. The molecule has 1 fully saturated rings. The van der Waals surface area contributed by atoms with Crippen molar-refractivity contribution in [1.82, 2.24) is 4.90 Å². The number of carbonyl (C=O) groups excluding carboxylic acids is 1. The summed E-state index contributed by atoms with van der Waals surface area (Å²) in [7, 11) is 0. The molecule has 1 aliphatic rings.